The second kappa shape index (κ2) is 11.7. The first kappa shape index (κ1) is 27.2. The normalized spacial score (nSPS) is 18.8. The molecule has 234 valence electrons. The number of ether oxygens (including phenoxy) is 1. The topological polar surface area (TPSA) is 118 Å². The maximum absolute atomic E-state index is 13.5. The standard InChI is InChI=1S/C34H38N6O4S/c1-23-8-10-26(21-35-23)45(42,43)38-29-19-25(20-37-32(29)44-17-7-16-40-14-4-3-5-15-40)24-9-11-28-27(18-24)31-30(22-36-28)39(2)33(41)34(31)12-6-13-34/h8-11,18-22,38H,3-7,12-17H2,1-2H3/i7D2. The maximum atomic E-state index is 13.5. The Morgan fingerprint density at radius 2 is 1.80 bits per heavy atom. The van der Waals surface area contributed by atoms with Crippen molar-refractivity contribution in [3.05, 3.63) is 66.2 Å². The van der Waals surface area contributed by atoms with Crippen LogP contribution in [-0.4, -0.2) is 67.5 Å². The van der Waals surface area contributed by atoms with Crippen molar-refractivity contribution in [1.29, 1.82) is 0 Å². The summed E-state index contributed by atoms with van der Waals surface area (Å²) in [4.78, 5) is 30.4. The van der Waals surface area contributed by atoms with Crippen molar-refractivity contribution < 1.29 is 20.7 Å². The summed E-state index contributed by atoms with van der Waals surface area (Å²) in [7, 11) is -2.28. The lowest BCUT2D eigenvalue weighted by atomic mass is 9.64. The van der Waals surface area contributed by atoms with Crippen molar-refractivity contribution in [2.45, 2.75) is 62.1 Å². The van der Waals surface area contributed by atoms with E-state index in [0.717, 1.165) is 79.3 Å². The molecule has 0 radical (unpaired) electrons. The van der Waals surface area contributed by atoms with Crippen LogP contribution in [0.15, 0.2) is 59.9 Å². The lowest BCUT2D eigenvalue weighted by Crippen LogP contribution is -2.43. The largest absolute Gasteiger partial charge is 0.476 e. The molecule has 1 aliphatic carbocycles. The fraction of sp³-hybridized carbons (Fsp3) is 0.412. The molecule has 0 unspecified atom stereocenters. The molecule has 11 heteroatoms. The minimum atomic E-state index is -4.08. The molecule has 1 N–H and O–H groups in total. The monoisotopic (exact) mass is 628 g/mol. The van der Waals surface area contributed by atoms with Crippen LogP contribution in [0.3, 0.4) is 0 Å². The summed E-state index contributed by atoms with van der Waals surface area (Å²) < 4.78 is 52.7. The molecule has 45 heavy (non-hydrogen) atoms. The Hall–Kier alpha value is -4.09. The Kier molecular flexibility index (Phi) is 7.07. The fourth-order valence-corrected chi connectivity index (χ4v) is 7.70. The smallest absolute Gasteiger partial charge is 0.263 e. The molecular formula is C34H38N6O4S. The number of hydrogen-bond donors (Lipinski definition) is 1. The average molecular weight is 629 g/mol. The SMILES string of the molecule is [2H]C([2H])(COc1ncc(-c2ccc3ncc4c(c3c2)C2(CCC2)C(=O)N4C)cc1NS(=O)(=O)c1ccc(C)nc1)CN1CCCCC1. The molecule has 10 nitrogen and oxygen atoms in total. The highest BCUT2D eigenvalue weighted by Gasteiger charge is 2.54. The van der Waals surface area contributed by atoms with E-state index in [1.165, 1.54) is 12.3 Å². The van der Waals surface area contributed by atoms with Crippen molar-refractivity contribution in [3.8, 4) is 17.0 Å². The van der Waals surface area contributed by atoms with Crippen molar-refractivity contribution in [1.82, 2.24) is 19.9 Å². The van der Waals surface area contributed by atoms with E-state index < -0.39 is 21.8 Å². The molecule has 1 aromatic carbocycles. The van der Waals surface area contributed by atoms with Gasteiger partial charge in [0.1, 0.15) is 10.6 Å². The Morgan fingerprint density at radius 3 is 2.53 bits per heavy atom. The predicted molar refractivity (Wildman–Crippen MR) is 174 cm³/mol. The zero-order chi connectivity index (χ0) is 33.0. The van der Waals surface area contributed by atoms with Crippen LogP contribution in [0.1, 0.15) is 58.9 Å². The van der Waals surface area contributed by atoms with Gasteiger partial charge in [-0.2, -0.15) is 0 Å². The average Bonchev–Trinajstić information content (AvgIpc) is 3.27. The van der Waals surface area contributed by atoms with Gasteiger partial charge in [0.25, 0.3) is 10.0 Å². The number of piperidine rings is 1. The highest BCUT2D eigenvalue weighted by atomic mass is 32.2. The number of likely N-dealkylation sites (tertiary alicyclic amines) is 1. The third-order valence-corrected chi connectivity index (χ3v) is 10.7. The molecule has 3 aromatic heterocycles. The number of aryl methyl sites for hydroxylation is 1. The van der Waals surface area contributed by atoms with Gasteiger partial charge < -0.3 is 14.5 Å². The van der Waals surface area contributed by atoms with Gasteiger partial charge in [0.2, 0.25) is 11.8 Å². The summed E-state index contributed by atoms with van der Waals surface area (Å²) in [5.41, 5.74) is 4.21. The van der Waals surface area contributed by atoms with Crippen LogP contribution >= 0.6 is 0 Å². The summed E-state index contributed by atoms with van der Waals surface area (Å²) in [5.74, 6) is 0.0768. The van der Waals surface area contributed by atoms with E-state index in [1.807, 2.05) is 18.2 Å². The van der Waals surface area contributed by atoms with Crippen molar-refractivity contribution in [2.75, 3.05) is 42.9 Å². The first-order valence-electron chi connectivity index (χ1n) is 16.5. The van der Waals surface area contributed by atoms with Crippen molar-refractivity contribution in [2.24, 2.45) is 0 Å². The molecule has 1 spiro atoms. The molecule has 3 aliphatic rings. The number of rotatable bonds is 9. The number of pyridine rings is 3. The van der Waals surface area contributed by atoms with Crippen LogP contribution in [0.4, 0.5) is 11.4 Å². The number of amides is 1. The first-order chi connectivity index (χ1) is 22.5. The van der Waals surface area contributed by atoms with Crippen LogP contribution in [0.5, 0.6) is 5.88 Å². The second-order valence-corrected chi connectivity index (χ2v) is 13.9. The van der Waals surface area contributed by atoms with E-state index in [9.17, 15) is 13.2 Å². The number of carbonyl (C=O) groups is 1. The van der Waals surface area contributed by atoms with E-state index >= 15 is 0 Å². The number of benzene rings is 1. The van der Waals surface area contributed by atoms with Gasteiger partial charge in [-0.25, -0.2) is 13.4 Å². The zero-order valence-corrected chi connectivity index (χ0v) is 26.4. The van der Waals surface area contributed by atoms with Crippen molar-refractivity contribution >= 4 is 38.2 Å². The number of likely N-dealkylation sites (N-methyl/N-ethyl adjacent to an activating group) is 1. The van der Waals surface area contributed by atoms with E-state index in [2.05, 4.69) is 24.6 Å². The number of aromatic nitrogens is 3. The van der Waals surface area contributed by atoms with E-state index in [1.54, 1.807) is 43.4 Å². The van der Waals surface area contributed by atoms with Crippen LogP contribution in [0.2, 0.25) is 0 Å². The number of nitrogens with one attached hydrogen (secondary N) is 1. The summed E-state index contributed by atoms with van der Waals surface area (Å²) in [5, 5.41) is 0.886. The number of carbonyl (C=O) groups excluding carboxylic acids is 1. The molecule has 2 aliphatic heterocycles. The highest BCUT2D eigenvalue weighted by Crippen LogP contribution is 2.55. The number of sulfonamides is 1. The van der Waals surface area contributed by atoms with Crippen molar-refractivity contribution in [3.63, 3.8) is 0 Å². The lowest BCUT2D eigenvalue weighted by Gasteiger charge is -2.37. The second-order valence-electron chi connectivity index (χ2n) is 12.2. The van der Waals surface area contributed by atoms with E-state index in [4.69, 9.17) is 7.48 Å². The lowest BCUT2D eigenvalue weighted by molar-refractivity contribution is -0.125. The van der Waals surface area contributed by atoms with Crippen LogP contribution < -0.4 is 14.4 Å². The first-order valence-corrected chi connectivity index (χ1v) is 17.0. The van der Waals surface area contributed by atoms with Gasteiger partial charge in [-0.05, 0) is 88.0 Å². The van der Waals surface area contributed by atoms with Crippen LogP contribution in [0, 0.1) is 6.92 Å². The molecule has 4 aromatic rings. The van der Waals surface area contributed by atoms with Crippen LogP contribution in [-0.2, 0) is 20.2 Å². The Morgan fingerprint density at radius 1 is 0.978 bits per heavy atom. The van der Waals surface area contributed by atoms with Gasteiger partial charge in [0.15, 0.2) is 0 Å². The molecule has 1 amide bonds. The molecule has 0 bridgehead atoms. The Balaban J connectivity index is 1.25. The quantitative estimate of drug-likeness (QED) is 0.260. The minimum absolute atomic E-state index is 0.0215. The van der Waals surface area contributed by atoms with Gasteiger partial charge >= 0.3 is 0 Å². The Bertz CT molecular complexity index is 1960. The third kappa shape index (κ3) is 5.42. The molecule has 2 fully saturated rings. The fourth-order valence-electron chi connectivity index (χ4n) is 6.71. The van der Waals surface area contributed by atoms with E-state index in [0.29, 0.717) is 11.3 Å². The maximum Gasteiger partial charge on any atom is 0.263 e. The zero-order valence-electron chi connectivity index (χ0n) is 27.5. The van der Waals surface area contributed by atoms with Gasteiger partial charge in [-0.1, -0.05) is 18.9 Å². The van der Waals surface area contributed by atoms with Gasteiger partial charge in [0.05, 0.1) is 29.4 Å². The summed E-state index contributed by atoms with van der Waals surface area (Å²) in [6.45, 7) is 3.39. The molecular weight excluding hydrogens is 588 g/mol. The summed E-state index contributed by atoms with van der Waals surface area (Å²) in [6, 6.07) is 10.5. The Labute approximate surface area is 266 Å². The number of nitrogens with zero attached hydrogens (tertiary/aromatic N) is 5. The number of fused-ring (bicyclic) bond motifs is 4. The summed E-state index contributed by atoms with van der Waals surface area (Å²) >= 11 is 0. The van der Waals surface area contributed by atoms with Crippen LogP contribution in [0.25, 0.3) is 22.0 Å². The van der Waals surface area contributed by atoms with E-state index in [-0.39, 0.29) is 35.5 Å². The summed E-state index contributed by atoms with van der Waals surface area (Å²) in [6.07, 6.45) is 8.80. The molecule has 7 rings (SSSR count). The predicted octanol–water partition coefficient (Wildman–Crippen LogP) is 5.45. The van der Waals surface area contributed by atoms with Gasteiger partial charge in [-0.15, -0.1) is 0 Å². The number of hydrogen-bond acceptors (Lipinski definition) is 8. The van der Waals surface area contributed by atoms with Gasteiger partial charge in [0, 0.05) is 50.9 Å². The third-order valence-electron chi connectivity index (χ3n) is 9.33. The molecule has 0 atom stereocenters. The number of anilines is 2. The minimum Gasteiger partial charge on any atom is -0.476 e. The highest BCUT2D eigenvalue weighted by molar-refractivity contribution is 7.92. The molecule has 5 heterocycles. The molecule has 1 saturated carbocycles. The van der Waals surface area contributed by atoms with Gasteiger partial charge in [-0.3, -0.25) is 19.5 Å². The molecule has 1 saturated heterocycles.